The van der Waals surface area contributed by atoms with Gasteiger partial charge < -0.3 is 4.74 Å². The molecule has 6 nitrogen and oxygen atoms in total. The van der Waals surface area contributed by atoms with Gasteiger partial charge in [-0.05, 0) is 43.5 Å². The molecule has 1 amide bonds. The minimum atomic E-state index is -4.43. The summed E-state index contributed by atoms with van der Waals surface area (Å²) in [7, 11) is -4.43. The zero-order valence-electron chi connectivity index (χ0n) is 13.6. The van der Waals surface area contributed by atoms with Crippen LogP contribution < -0.4 is 9.46 Å². The molecule has 0 unspecified atom stereocenters. The normalized spacial score (nSPS) is 14.2. The highest BCUT2D eigenvalue weighted by atomic mass is 32.2. The molecule has 26 heavy (non-hydrogen) atoms. The fourth-order valence-electron chi connectivity index (χ4n) is 2.49. The maximum Gasteiger partial charge on any atom is 0.268 e. The topological polar surface area (TPSA) is 96.3 Å². The first kappa shape index (κ1) is 17.9. The van der Waals surface area contributed by atoms with Gasteiger partial charge in [-0.1, -0.05) is 18.2 Å². The van der Waals surface area contributed by atoms with Crippen LogP contribution in [-0.2, 0) is 10.0 Å². The molecule has 0 spiro atoms. The van der Waals surface area contributed by atoms with Gasteiger partial charge in [0.2, 0.25) is 0 Å². The van der Waals surface area contributed by atoms with Gasteiger partial charge >= 0.3 is 0 Å². The third-order valence-corrected chi connectivity index (χ3v) is 5.45. The highest BCUT2D eigenvalue weighted by Gasteiger charge is 2.26. The zero-order valence-corrected chi connectivity index (χ0v) is 14.4. The van der Waals surface area contributed by atoms with Crippen molar-refractivity contribution < 1.29 is 22.3 Å². The van der Waals surface area contributed by atoms with Gasteiger partial charge in [0.1, 0.15) is 28.1 Å². The van der Waals surface area contributed by atoms with Gasteiger partial charge in [0.25, 0.3) is 15.9 Å². The smallest absolute Gasteiger partial charge is 0.268 e. The quantitative estimate of drug-likeness (QED) is 0.868. The predicted molar refractivity (Wildman–Crippen MR) is 90.5 cm³/mol. The predicted octanol–water partition coefficient (Wildman–Crippen LogP) is 2.75. The van der Waals surface area contributed by atoms with Crippen molar-refractivity contribution in [2.24, 2.45) is 0 Å². The second kappa shape index (κ2) is 7.14. The number of halogens is 1. The van der Waals surface area contributed by atoms with Crippen LogP contribution in [0.3, 0.4) is 0 Å². The molecule has 1 aliphatic carbocycles. The standard InChI is InChI=1S/C18H15FN2O4S/c19-15-8-4-10-17(14(15)11-20)26(23,24)21-18(22)13-7-1-2-9-16(13)25-12-5-3-6-12/h1-2,4,7-10,12H,3,5-6H2,(H,21,22). The Morgan fingerprint density at radius 1 is 1.19 bits per heavy atom. The van der Waals surface area contributed by atoms with E-state index in [0.717, 1.165) is 37.5 Å². The van der Waals surface area contributed by atoms with Gasteiger partial charge in [-0.15, -0.1) is 0 Å². The molecular weight excluding hydrogens is 359 g/mol. The number of para-hydroxylation sites is 1. The van der Waals surface area contributed by atoms with Gasteiger partial charge in [0.15, 0.2) is 0 Å². The van der Waals surface area contributed by atoms with Crippen molar-refractivity contribution in [3.63, 3.8) is 0 Å². The fourth-order valence-corrected chi connectivity index (χ4v) is 3.63. The molecule has 0 radical (unpaired) electrons. The Hall–Kier alpha value is -2.92. The molecule has 1 saturated carbocycles. The number of nitriles is 1. The summed E-state index contributed by atoms with van der Waals surface area (Å²) < 4.78 is 46.2. The van der Waals surface area contributed by atoms with Gasteiger partial charge in [0.05, 0.1) is 11.7 Å². The molecule has 1 fully saturated rings. The molecule has 0 saturated heterocycles. The second-order valence-electron chi connectivity index (χ2n) is 5.83. The first-order valence-corrected chi connectivity index (χ1v) is 9.42. The number of hydrogen-bond acceptors (Lipinski definition) is 5. The molecule has 0 aliphatic heterocycles. The SMILES string of the molecule is N#Cc1c(F)cccc1S(=O)(=O)NC(=O)c1ccccc1OC1CCC1. The van der Waals surface area contributed by atoms with Gasteiger partial charge in [-0.2, -0.15) is 5.26 Å². The van der Waals surface area contributed by atoms with Crippen LogP contribution in [0.15, 0.2) is 47.4 Å². The van der Waals surface area contributed by atoms with Crippen LogP contribution in [0.4, 0.5) is 4.39 Å². The van der Waals surface area contributed by atoms with E-state index >= 15 is 0 Å². The minimum Gasteiger partial charge on any atom is -0.490 e. The van der Waals surface area contributed by atoms with Gasteiger partial charge in [-0.3, -0.25) is 4.79 Å². The molecule has 0 bridgehead atoms. The number of benzene rings is 2. The largest absolute Gasteiger partial charge is 0.490 e. The van der Waals surface area contributed by atoms with Crippen LogP contribution in [0, 0.1) is 17.1 Å². The number of carbonyl (C=O) groups is 1. The van der Waals surface area contributed by atoms with Crippen molar-refractivity contribution in [3.8, 4) is 11.8 Å². The highest BCUT2D eigenvalue weighted by molar-refractivity contribution is 7.90. The van der Waals surface area contributed by atoms with E-state index in [0.29, 0.717) is 0 Å². The lowest BCUT2D eigenvalue weighted by Crippen LogP contribution is -2.32. The monoisotopic (exact) mass is 374 g/mol. The van der Waals surface area contributed by atoms with Crippen LogP contribution in [-0.4, -0.2) is 20.4 Å². The molecule has 2 aromatic carbocycles. The van der Waals surface area contributed by atoms with Crippen molar-refractivity contribution in [2.45, 2.75) is 30.3 Å². The third-order valence-electron chi connectivity index (χ3n) is 4.08. The first-order valence-electron chi connectivity index (χ1n) is 7.94. The van der Waals surface area contributed by atoms with Crippen molar-refractivity contribution in [1.82, 2.24) is 4.72 Å². The van der Waals surface area contributed by atoms with Gasteiger partial charge in [-0.25, -0.2) is 17.5 Å². The lowest BCUT2D eigenvalue weighted by atomic mass is 9.96. The molecule has 134 valence electrons. The molecule has 0 aromatic heterocycles. The summed E-state index contributed by atoms with van der Waals surface area (Å²) in [5.74, 6) is -1.60. The maximum atomic E-state index is 13.7. The third kappa shape index (κ3) is 3.53. The Morgan fingerprint density at radius 2 is 1.92 bits per heavy atom. The van der Waals surface area contributed by atoms with Crippen molar-refractivity contribution >= 4 is 15.9 Å². The van der Waals surface area contributed by atoms with E-state index < -0.39 is 32.2 Å². The summed E-state index contributed by atoms with van der Waals surface area (Å²) in [6, 6.07) is 11.0. The molecule has 0 heterocycles. The lowest BCUT2D eigenvalue weighted by molar-refractivity contribution is 0.0954. The Balaban J connectivity index is 1.88. The molecule has 0 atom stereocenters. The molecule has 1 aliphatic rings. The van der Waals surface area contributed by atoms with E-state index in [9.17, 15) is 17.6 Å². The van der Waals surface area contributed by atoms with Crippen molar-refractivity contribution in [2.75, 3.05) is 0 Å². The average Bonchev–Trinajstić information content (AvgIpc) is 2.57. The number of amides is 1. The highest BCUT2D eigenvalue weighted by Crippen LogP contribution is 2.28. The molecule has 3 rings (SSSR count). The number of nitrogens with one attached hydrogen (secondary N) is 1. The summed E-state index contributed by atoms with van der Waals surface area (Å²) in [5, 5.41) is 9.00. The van der Waals surface area contributed by atoms with E-state index in [-0.39, 0.29) is 17.4 Å². The summed E-state index contributed by atoms with van der Waals surface area (Å²) in [5.41, 5.74) is -0.593. The van der Waals surface area contributed by atoms with Crippen LogP contribution in [0.5, 0.6) is 5.75 Å². The number of hydrogen-bond donors (Lipinski definition) is 1. The van der Waals surface area contributed by atoms with Crippen LogP contribution in [0.25, 0.3) is 0 Å². The van der Waals surface area contributed by atoms with E-state index in [2.05, 4.69) is 0 Å². The molecular formula is C18H15FN2O4S. The molecule has 2 aromatic rings. The van der Waals surface area contributed by atoms with Gasteiger partial charge in [0, 0.05) is 0 Å². The average molecular weight is 374 g/mol. The molecule has 1 N–H and O–H groups in total. The van der Waals surface area contributed by atoms with E-state index in [1.807, 2.05) is 4.72 Å². The van der Waals surface area contributed by atoms with E-state index in [1.165, 1.54) is 12.1 Å². The number of nitrogens with zero attached hydrogens (tertiary/aromatic N) is 1. The van der Waals surface area contributed by atoms with E-state index in [4.69, 9.17) is 10.00 Å². The lowest BCUT2D eigenvalue weighted by Gasteiger charge is -2.27. The molecule has 8 heteroatoms. The van der Waals surface area contributed by atoms with Crippen LogP contribution in [0.2, 0.25) is 0 Å². The van der Waals surface area contributed by atoms with Crippen molar-refractivity contribution in [3.05, 3.63) is 59.4 Å². The second-order valence-corrected chi connectivity index (χ2v) is 7.48. The maximum absolute atomic E-state index is 13.7. The van der Waals surface area contributed by atoms with E-state index in [1.54, 1.807) is 18.2 Å². The summed E-state index contributed by atoms with van der Waals surface area (Å²) >= 11 is 0. The Kier molecular flexibility index (Phi) is 4.91. The fraction of sp³-hybridized carbons (Fsp3) is 0.222. The number of ether oxygens (including phenoxy) is 1. The number of sulfonamides is 1. The minimum absolute atomic E-state index is 0.00830. The number of rotatable bonds is 5. The summed E-state index contributed by atoms with van der Waals surface area (Å²) in [6.07, 6.45) is 2.81. The Labute approximate surface area is 150 Å². The Bertz CT molecular complexity index is 994. The Morgan fingerprint density at radius 3 is 2.58 bits per heavy atom. The number of carbonyl (C=O) groups excluding carboxylic acids is 1. The van der Waals surface area contributed by atoms with Crippen molar-refractivity contribution in [1.29, 1.82) is 5.26 Å². The summed E-state index contributed by atoms with van der Waals surface area (Å²) in [6.45, 7) is 0. The zero-order chi connectivity index (χ0) is 18.7. The van der Waals surface area contributed by atoms with Crippen LogP contribution >= 0.6 is 0 Å². The summed E-state index contributed by atoms with van der Waals surface area (Å²) in [4.78, 5) is 11.9. The first-order chi connectivity index (χ1) is 12.4. The van der Waals surface area contributed by atoms with Crippen LogP contribution in [0.1, 0.15) is 35.2 Å².